The maximum Gasteiger partial charge on any atom is 0.237 e. The summed E-state index contributed by atoms with van der Waals surface area (Å²) >= 11 is 0. The Morgan fingerprint density at radius 3 is 2.05 bits per heavy atom. The standard InChI is InChI=1S/C16H34N4O/c1-13(2)18-16(6,14(17)21)7-8-19-9-11-20(12-10-19)15(3,4)5/h13,18H,7-12H2,1-6H3,(H2,17,21). The molecule has 1 saturated heterocycles. The summed E-state index contributed by atoms with van der Waals surface area (Å²) in [6.07, 6.45) is 0.760. The van der Waals surface area contributed by atoms with Gasteiger partial charge in [0.25, 0.3) is 0 Å². The minimum atomic E-state index is -0.616. The second-order valence-corrected chi connectivity index (χ2v) is 7.74. The number of nitrogens with one attached hydrogen (secondary N) is 1. The number of carbonyl (C=O) groups is 1. The smallest absolute Gasteiger partial charge is 0.237 e. The molecule has 0 aromatic rings. The van der Waals surface area contributed by atoms with Crippen molar-refractivity contribution in [2.45, 2.75) is 65.1 Å². The van der Waals surface area contributed by atoms with Gasteiger partial charge >= 0.3 is 0 Å². The number of primary amides is 1. The first-order valence-corrected chi connectivity index (χ1v) is 8.09. The highest BCUT2D eigenvalue weighted by molar-refractivity contribution is 5.84. The van der Waals surface area contributed by atoms with Crippen molar-refractivity contribution in [2.24, 2.45) is 5.73 Å². The molecule has 0 aliphatic carbocycles. The molecule has 1 aliphatic rings. The van der Waals surface area contributed by atoms with Gasteiger partial charge in [-0.2, -0.15) is 0 Å². The van der Waals surface area contributed by atoms with Gasteiger partial charge in [0.05, 0.1) is 5.54 Å². The van der Waals surface area contributed by atoms with Gasteiger partial charge in [-0.1, -0.05) is 0 Å². The number of piperazine rings is 1. The van der Waals surface area contributed by atoms with E-state index >= 15 is 0 Å². The summed E-state index contributed by atoms with van der Waals surface area (Å²) in [5.41, 5.74) is 5.21. The zero-order valence-electron chi connectivity index (χ0n) is 14.7. The molecule has 0 spiro atoms. The van der Waals surface area contributed by atoms with E-state index in [2.05, 4.69) is 35.9 Å². The zero-order chi connectivity index (χ0) is 16.3. The molecule has 3 N–H and O–H groups in total. The Labute approximate surface area is 130 Å². The average molecular weight is 298 g/mol. The summed E-state index contributed by atoms with van der Waals surface area (Å²) in [7, 11) is 0. The number of amides is 1. The van der Waals surface area contributed by atoms with E-state index in [1.54, 1.807) is 0 Å². The lowest BCUT2D eigenvalue weighted by atomic mass is 9.95. The van der Waals surface area contributed by atoms with E-state index < -0.39 is 5.54 Å². The Hall–Kier alpha value is -0.650. The number of nitrogens with zero attached hydrogens (tertiary/aromatic N) is 2. The SMILES string of the molecule is CC(C)NC(C)(CCN1CCN(C(C)(C)C)CC1)C(N)=O. The van der Waals surface area contributed by atoms with Gasteiger partial charge in [-0.15, -0.1) is 0 Å². The molecule has 1 rings (SSSR count). The average Bonchev–Trinajstić information content (AvgIpc) is 2.35. The van der Waals surface area contributed by atoms with Crippen LogP contribution in [0.2, 0.25) is 0 Å². The number of carbonyl (C=O) groups excluding carboxylic acids is 1. The summed E-state index contributed by atoms with van der Waals surface area (Å²) in [4.78, 5) is 16.7. The maximum atomic E-state index is 11.7. The van der Waals surface area contributed by atoms with Gasteiger partial charge in [0.1, 0.15) is 0 Å². The van der Waals surface area contributed by atoms with E-state index in [-0.39, 0.29) is 17.5 Å². The van der Waals surface area contributed by atoms with Gasteiger partial charge in [0.15, 0.2) is 0 Å². The molecular weight excluding hydrogens is 264 g/mol. The predicted molar refractivity (Wildman–Crippen MR) is 88.3 cm³/mol. The first kappa shape index (κ1) is 18.4. The third-order valence-corrected chi connectivity index (χ3v) is 4.40. The molecule has 5 heteroatoms. The number of hydrogen-bond donors (Lipinski definition) is 2. The Morgan fingerprint density at radius 2 is 1.67 bits per heavy atom. The number of rotatable bonds is 6. The second kappa shape index (κ2) is 7.07. The van der Waals surface area contributed by atoms with Crippen molar-refractivity contribution < 1.29 is 4.79 Å². The summed E-state index contributed by atoms with van der Waals surface area (Å²) in [6.45, 7) is 18.0. The highest BCUT2D eigenvalue weighted by atomic mass is 16.1. The van der Waals surface area contributed by atoms with Gasteiger partial charge in [-0.25, -0.2) is 0 Å². The van der Waals surface area contributed by atoms with Crippen molar-refractivity contribution in [3.8, 4) is 0 Å². The molecule has 1 heterocycles. The normalized spacial score (nSPS) is 21.5. The van der Waals surface area contributed by atoms with E-state index in [4.69, 9.17) is 5.73 Å². The molecule has 0 saturated carbocycles. The molecule has 1 aliphatic heterocycles. The molecule has 0 aromatic heterocycles. The van der Waals surface area contributed by atoms with Crippen molar-refractivity contribution >= 4 is 5.91 Å². The van der Waals surface area contributed by atoms with Crippen LogP contribution in [0.1, 0.15) is 48.0 Å². The van der Waals surface area contributed by atoms with Crippen molar-refractivity contribution in [3.05, 3.63) is 0 Å². The van der Waals surface area contributed by atoms with E-state index in [1.165, 1.54) is 0 Å². The lowest BCUT2D eigenvalue weighted by Gasteiger charge is -2.43. The van der Waals surface area contributed by atoms with E-state index in [0.717, 1.165) is 39.1 Å². The molecule has 21 heavy (non-hydrogen) atoms. The molecule has 5 nitrogen and oxygen atoms in total. The highest BCUT2D eigenvalue weighted by Gasteiger charge is 2.32. The van der Waals surface area contributed by atoms with Crippen molar-refractivity contribution in [2.75, 3.05) is 32.7 Å². The second-order valence-electron chi connectivity index (χ2n) is 7.74. The quantitative estimate of drug-likeness (QED) is 0.769. The summed E-state index contributed by atoms with van der Waals surface area (Å²) in [6, 6.07) is 0.250. The summed E-state index contributed by atoms with van der Waals surface area (Å²) in [5, 5.41) is 3.32. The molecule has 124 valence electrons. The fraction of sp³-hybridized carbons (Fsp3) is 0.938. The molecule has 1 amide bonds. The van der Waals surface area contributed by atoms with Crippen LogP contribution in [0.15, 0.2) is 0 Å². The first-order valence-electron chi connectivity index (χ1n) is 8.09. The van der Waals surface area contributed by atoms with Gasteiger partial charge in [0.2, 0.25) is 5.91 Å². The van der Waals surface area contributed by atoms with Crippen LogP contribution in [0, 0.1) is 0 Å². The van der Waals surface area contributed by atoms with Crippen molar-refractivity contribution in [3.63, 3.8) is 0 Å². The lowest BCUT2D eigenvalue weighted by Crippen LogP contribution is -2.58. The van der Waals surface area contributed by atoms with Crippen LogP contribution in [-0.4, -0.2) is 65.6 Å². The number of nitrogens with two attached hydrogens (primary N) is 1. The Morgan fingerprint density at radius 1 is 1.14 bits per heavy atom. The Bertz CT molecular complexity index is 343. The minimum absolute atomic E-state index is 0.243. The van der Waals surface area contributed by atoms with Crippen LogP contribution in [0.4, 0.5) is 0 Å². The predicted octanol–water partition coefficient (Wildman–Crippen LogP) is 1.03. The Kier molecular flexibility index (Phi) is 6.20. The van der Waals surface area contributed by atoms with Crippen molar-refractivity contribution in [1.82, 2.24) is 15.1 Å². The van der Waals surface area contributed by atoms with E-state index in [1.807, 2.05) is 20.8 Å². The van der Waals surface area contributed by atoms with Gasteiger partial charge < -0.3 is 16.0 Å². The third-order valence-electron chi connectivity index (χ3n) is 4.40. The first-order chi connectivity index (χ1) is 9.54. The molecule has 1 unspecified atom stereocenters. The van der Waals surface area contributed by atoms with Crippen LogP contribution in [0.5, 0.6) is 0 Å². The molecule has 0 radical (unpaired) electrons. The van der Waals surface area contributed by atoms with Crippen LogP contribution < -0.4 is 11.1 Å². The Balaban J connectivity index is 2.47. The van der Waals surface area contributed by atoms with Crippen LogP contribution in [-0.2, 0) is 4.79 Å². The van der Waals surface area contributed by atoms with Crippen LogP contribution in [0.3, 0.4) is 0 Å². The van der Waals surface area contributed by atoms with Crippen LogP contribution >= 0.6 is 0 Å². The molecule has 0 bridgehead atoms. The molecule has 0 aromatic carbocycles. The number of hydrogen-bond acceptors (Lipinski definition) is 4. The highest BCUT2D eigenvalue weighted by Crippen LogP contribution is 2.17. The largest absolute Gasteiger partial charge is 0.368 e. The van der Waals surface area contributed by atoms with Gasteiger partial charge in [0, 0.05) is 44.3 Å². The lowest BCUT2D eigenvalue weighted by molar-refractivity contribution is -0.124. The summed E-state index contributed by atoms with van der Waals surface area (Å²) < 4.78 is 0. The monoisotopic (exact) mass is 298 g/mol. The van der Waals surface area contributed by atoms with Crippen LogP contribution in [0.25, 0.3) is 0 Å². The van der Waals surface area contributed by atoms with Gasteiger partial charge in [-0.3, -0.25) is 9.69 Å². The third kappa shape index (κ3) is 5.57. The fourth-order valence-corrected chi connectivity index (χ4v) is 2.93. The molecule has 1 atom stereocenters. The topological polar surface area (TPSA) is 61.6 Å². The van der Waals surface area contributed by atoms with Gasteiger partial charge in [-0.05, 0) is 48.0 Å². The zero-order valence-corrected chi connectivity index (χ0v) is 14.7. The van der Waals surface area contributed by atoms with E-state index in [9.17, 15) is 4.79 Å². The van der Waals surface area contributed by atoms with Crippen molar-refractivity contribution in [1.29, 1.82) is 0 Å². The molecule has 1 fully saturated rings. The van der Waals surface area contributed by atoms with E-state index in [0.29, 0.717) is 0 Å². The maximum absolute atomic E-state index is 11.7. The fourth-order valence-electron chi connectivity index (χ4n) is 2.93. The molecular formula is C16H34N4O. The minimum Gasteiger partial charge on any atom is -0.368 e. The summed E-state index contributed by atoms with van der Waals surface area (Å²) in [5.74, 6) is -0.260.